The van der Waals surface area contributed by atoms with Gasteiger partial charge in [0.15, 0.2) is 0 Å². The summed E-state index contributed by atoms with van der Waals surface area (Å²) in [4.78, 5) is 4.71. The van der Waals surface area contributed by atoms with Crippen molar-refractivity contribution < 1.29 is 0 Å². The molecule has 2 heterocycles. The molecular weight excluding hydrogens is 298 g/mol. The molecule has 1 fully saturated rings. The lowest BCUT2D eigenvalue weighted by Crippen LogP contribution is -2.40. The smallest absolute Gasteiger partial charge is 0.127 e. The Kier molecular flexibility index (Phi) is 7.47. The van der Waals surface area contributed by atoms with Crippen molar-refractivity contribution in [1.29, 1.82) is 0 Å². The van der Waals surface area contributed by atoms with Gasteiger partial charge in [0.25, 0.3) is 0 Å². The zero-order valence-electron chi connectivity index (χ0n) is 13.5. The summed E-state index contributed by atoms with van der Waals surface area (Å²) in [5, 5.41) is 5.17. The van der Waals surface area contributed by atoms with Crippen LogP contribution in [0.1, 0.15) is 51.9 Å². The van der Waals surface area contributed by atoms with Crippen LogP contribution in [0.15, 0.2) is 12.4 Å². The second kappa shape index (κ2) is 9.11. The van der Waals surface area contributed by atoms with Gasteiger partial charge in [-0.3, -0.25) is 0 Å². The van der Waals surface area contributed by atoms with Crippen LogP contribution in [0.2, 0.25) is 0 Å². The van der Waals surface area contributed by atoms with E-state index in [9.17, 15) is 0 Å². The monoisotopic (exact) mass is 327 g/mol. The second-order valence-corrected chi connectivity index (χ2v) is 8.20. The van der Waals surface area contributed by atoms with Crippen LogP contribution in [0.3, 0.4) is 0 Å². The van der Waals surface area contributed by atoms with E-state index >= 15 is 0 Å². The summed E-state index contributed by atoms with van der Waals surface area (Å²) in [6.45, 7) is 8.94. The lowest BCUT2D eigenvalue weighted by atomic mass is 10.1. The molecule has 1 saturated heterocycles. The molecule has 0 spiro atoms. The first-order valence-corrected chi connectivity index (χ1v) is 10.4. The number of hydrogen-bond donors (Lipinski definition) is 1. The minimum Gasteiger partial charge on any atom is -0.334 e. The van der Waals surface area contributed by atoms with Gasteiger partial charge in [-0.15, -0.1) is 0 Å². The fourth-order valence-electron chi connectivity index (χ4n) is 2.93. The Morgan fingerprint density at radius 1 is 1.29 bits per heavy atom. The summed E-state index contributed by atoms with van der Waals surface area (Å²) < 4.78 is 2.35. The minimum absolute atomic E-state index is 0.384. The van der Waals surface area contributed by atoms with Crippen molar-refractivity contribution >= 4 is 23.5 Å². The number of nitrogens with zero attached hydrogens (tertiary/aromatic N) is 2. The fourth-order valence-corrected chi connectivity index (χ4v) is 6.15. The Morgan fingerprint density at radius 2 is 2.10 bits per heavy atom. The normalized spacial score (nSPS) is 24.1. The number of nitrogens with one attached hydrogen (secondary N) is 1. The molecule has 1 aromatic heterocycles. The van der Waals surface area contributed by atoms with Gasteiger partial charge in [-0.1, -0.05) is 20.8 Å². The number of aromatic nitrogens is 2. The molecule has 0 saturated carbocycles. The number of hydrogen-bond acceptors (Lipinski definition) is 4. The van der Waals surface area contributed by atoms with Crippen LogP contribution in [0.5, 0.6) is 0 Å². The van der Waals surface area contributed by atoms with Crippen molar-refractivity contribution in [3.05, 3.63) is 18.2 Å². The fraction of sp³-hybridized carbons (Fsp3) is 0.812. The van der Waals surface area contributed by atoms with E-state index in [-0.39, 0.29) is 0 Å². The van der Waals surface area contributed by atoms with Crippen molar-refractivity contribution in [3.63, 3.8) is 0 Å². The molecule has 2 rings (SSSR count). The maximum Gasteiger partial charge on any atom is 0.127 e. The van der Waals surface area contributed by atoms with Crippen LogP contribution in [0.4, 0.5) is 0 Å². The average molecular weight is 328 g/mol. The number of thioether (sulfide) groups is 2. The summed E-state index contributed by atoms with van der Waals surface area (Å²) in [6.07, 6.45) is 7.69. The quantitative estimate of drug-likeness (QED) is 0.783. The Balaban J connectivity index is 2.21. The topological polar surface area (TPSA) is 29.9 Å². The molecule has 0 bridgehead atoms. The van der Waals surface area contributed by atoms with E-state index < -0.39 is 0 Å². The molecule has 1 aliphatic rings. The number of rotatable bonds is 8. The molecule has 0 radical (unpaired) electrons. The molecule has 3 nitrogen and oxygen atoms in total. The van der Waals surface area contributed by atoms with Gasteiger partial charge in [0.1, 0.15) is 5.82 Å². The van der Waals surface area contributed by atoms with Crippen LogP contribution in [0, 0.1) is 0 Å². The van der Waals surface area contributed by atoms with Gasteiger partial charge in [-0.2, -0.15) is 23.5 Å². The van der Waals surface area contributed by atoms with Crippen molar-refractivity contribution in [3.8, 4) is 0 Å². The summed E-state index contributed by atoms with van der Waals surface area (Å²) in [5.41, 5.74) is 0. The first kappa shape index (κ1) is 17.2. The molecule has 0 aliphatic carbocycles. The SMILES string of the molecule is CCCNC(c1nccn1CCC)C1SCCSC1CC. The number of imidazole rings is 1. The third kappa shape index (κ3) is 4.42. The zero-order valence-corrected chi connectivity index (χ0v) is 15.2. The van der Waals surface area contributed by atoms with Gasteiger partial charge >= 0.3 is 0 Å². The van der Waals surface area contributed by atoms with Crippen molar-refractivity contribution in [2.24, 2.45) is 0 Å². The predicted molar refractivity (Wildman–Crippen MR) is 96.3 cm³/mol. The molecule has 3 atom stereocenters. The summed E-state index contributed by atoms with van der Waals surface area (Å²) in [5.74, 6) is 3.80. The Hall–Kier alpha value is -0.130. The predicted octanol–water partition coefficient (Wildman–Crippen LogP) is 3.96. The molecular formula is C16H29N3S2. The van der Waals surface area contributed by atoms with E-state index in [1.54, 1.807) is 0 Å². The Labute approximate surface area is 138 Å². The maximum absolute atomic E-state index is 4.71. The average Bonchev–Trinajstić information content (AvgIpc) is 2.97. The van der Waals surface area contributed by atoms with Crippen molar-refractivity contribution in [1.82, 2.24) is 14.9 Å². The molecule has 5 heteroatoms. The van der Waals surface area contributed by atoms with Gasteiger partial charge in [-0.25, -0.2) is 4.98 Å². The molecule has 1 aliphatic heterocycles. The molecule has 0 aromatic carbocycles. The minimum atomic E-state index is 0.384. The van der Waals surface area contributed by atoms with Crippen molar-refractivity contribution in [2.45, 2.75) is 63.1 Å². The second-order valence-electron chi connectivity index (χ2n) is 5.56. The molecule has 0 amide bonds. The van der Waals surface area contributed by atoms with Crippen LogP contribution in [-0.4, -0.2) is 38.1 Å². The van der Waals surface area contributed by atoms with E-state index in [0.29, 0.717) is 11.3 Å². The van der Waals surface area contributed by atoms with Crippen molar-refractivity contribution in [2.75, 3.05) is 18.1 Å². The highest BCUT2D eigenvalue weighted by molar-refractivity contribution is 8.07. The van der Waals surface area contributed by atoms with E-state index in [0.717, 1.165) is 24.8 Å². The molecule has 3 unspecified atom stereocenters. The zero-order chi connectivity index (χ0) is 15.1. The van der Waals surface area contributed by atoms with Gasteiger partial charge in [0.2, 0.25) is 0 Å². The first-order chi connectivity index (χ1) is 10.3. The lowest BCUT2D eigenvalue weighted by molar-refractivity contribution is 0.454. The summed E-state index contributed by atoms with van der Waals surface area (Å²) >= 11 is 4.29. The Bertz CT molecular complexity index is 408. The molecule has 21 heavy (non-hydrogen) atoms. The van der Waals surface area contributed by atoms with Gasteiger partial charge in [-0.05, 0) is 25.8 Å². The summed E-state index contributed by atoms with van der Waals surface area (Å²) in [7, 11) is 0. The molecule has 120 valence electrons. The molecule has 1 aromatic rings. The van der Waals surface area contributed by atoms with Crippen LogP contribution in [0.25, 0.3) is 0 Å². The van der Waals surface area contributed by atoms with E-state index in [2.05, 4.69) is 60.4 Å². The highest BCUT2D eigenvalue weighted by Crippen LogP contribution is 2.40. The third-order valence-electron chi connectivity index (χ3n) is 3.93. The van der Waals surface area contributed by atoms with Gasteiger partial charge in [0, 0.05) is 40.9 Å². The largest absolute Gasteiger partial charge is 0.334 e. The van der Waals surface area contributed by atoms with Crippen LogP contribution < -0.4 is 5.32 Å². The van der Waals surface area contributed by atoms with E-state index in [1.165, 1.54) is 30.2 Å². The van der Waals surface area contributed by atoms with Crippen LogP contribution >= 0.6 is 23.5 Å². The van der Waals surface area contributed by atoms with E-state index in [4.69, 9.17) is 4.98 Å². The Morgan fingerprint density at radius 3 is 2.81 bits per heavy atom. The van der Waals surface area contributed by atoms with E-state index in [1.807, 2.05) is 6.20 Å². The highest BCUT2D eigenvalue weighted by Gasteiger charge is 2.34. The highest BCUT2D eigenvalue weighted by atomic mass is 32.2. The third-order valence-corrected chi connectivity index (χ3v) is 7.28. The van der Waals surface area contributed by atoms with Gasteiger partial charge < -0.3 is 9.88 Å². The molecule has 1 N–H and O–H groups in total. The first-order valence-electron chi connectivity index (χ1n) is 8.29. The standard InChI is InChI=1S/C16H29N3S2/c1-4-7-17-14(15-13(6-3)20-11-12-21-15)16-18-8-10-19(16)9-5-2/h8,10,13-15,17H,4-7,9,11-12H2,1-3H3. The maximum atomic E-state index is 4.71. The van der Waals surface area contributed by atoms with Gasteiger partial charge in [0.05, 0.1) is 6.04 Å². The summed E-state index contributed by atoms with van der Waals surface area (Å²) in [6, 6.07) is 0.384. The number of aryl methyl sites for hydroxylation is 1. The lowest BCUT2D eigenvalue weighted by Gasteiger charge is -2.36. The van der Waals surface area contributed by atoms with Crippen LogP contribution in [-0.2, 0) is 6.54 Å².